The maximum Gasteiger partial charge on any atom is 0.340 e. The summed E-state index contributed by atoms with van der Waals surface area (Å²) in [6.07, 6.45) is 0. The average Bonchev–Trinajstić information content (AvgIpc) is 2.66. The molecule has 132 valence electrons. The molecule has 0 heterocycles. The van der Waals surface area contributed by atoms with Crippen LogP contribution in [-0.2, 0) is 4.74 Å². The molecule has 0 atom stereocenters. The third kappa shape index (κ3) is 3.82. The number of carbonyl (C=O) groups is 2. The van der Waals surface area contributed by atoms with E-state index in [0.29, 0.717) is 22.8 Å². The SMILES string of the molecule is COC(=O)c1cc(OC)c(OC)cc1NC(=O)c1ccccc1OC. The second kappa shape index (κ2) is 8.05. The number of benzene rings is 2. The number of hydrogen-bond donors (Lipinski definition) is 1. The van der Waals surface area contributed by atoms with E-state index in [1.54, 1.807) is 24.3 Å². The summed E-state index contributed by atoms with van der Waals surface area (Å²) in [7, 11) is 5.64. The molecule has 0 bridgehead atoms. The van der Waals surface area contributed by atoms with Crippen LogP contribution in [0.25, 0.3) is 0 Å². The summed E-state index contributed by atoms with van der Waals surface area (Å²) in [5.74, 6) is 0.0786. The third-order valence-corrected chi connectivity index (χ3v) is 3.53. The Bertz CT molecular complexity index is 787. The van der Waals surface area contributed by atoms with Gasteiger partial charge in [0.25, 0.3) is 5.91 Å². The molecule has 0 aliphatic carbocycles. The van der Waals surface area contributed by atoms with Gasteiger partial charge in [-0.25, -0.2) is 4.79 Å². The van der Waals surface area contributed by atoms with Crippen LogP contribution in [-0.4, -0.2) is 40.3 Å². The van der Waals surface area contributed by atoms with Gasteiger partial charge in [-0.3, -0.25) is 4.79 Å². The van der Waals surface area contributed by atoms with Crippen LogP contribution in [0.2, 0.25) is 0 Å². The largest absolute Gasteiger partial charge is 0.496 e. The molecular weight excluding hydrogens is 326 g/mol. The number of anilines is 1. The smallest absolute Gasteiger partial charge is 0.340 e. The van der Waals surface area contributed by atoms with E-state index < -0.39 is 11.9 Å². The molecule has 25 heavy (non-hydrogen) atoms. The van der Waals surface area contributed by atoms with Gasteiger partial charge in [0, 0.05) is 12.1 Å². The summed E-state index contributed by atoms with van der Waals surface area (Å²) in [4.78, 5) is 24.6. The molecule has 0 aliphatic heterocycles. The summed E-state index contributed by atoms with van der Waals surface area (Å²) >= 11 is 0. The van der Waals surface area contributed by atoms with Gasteiger partial charge in [0.15, 0.2) is 11.5 Å². The number of hydrogen-bond acceptors (Lipinski definition) is 6. The Morgan fingerprint density at radius 1 is 0.800 bits per heavy atom. The van der Waals surface area contributed by atoms with E-state index in [2.05, 4.69) is 5.32 Å². The predicted octanol–water partition coefficient (Wildman–Crippen LogP) is 2.75. The lowest BCUT2D eigenvalue weighted by molar-refractivity contribution is 0.0601. The molecule has 1 amide bonds. The Kier molecular flexibility index (Phi) is 5.84. The highest BCUT2D eigenvalue weighted by molar-refractivity contribution is 6.09. The monoisotopic (exact) mass is 345 g/mol. The van der Waals surface area contributed by atoms with E-state index in [1.807, 2.05) is 0 Å². The minimum atomic E-state index is -0.615. The van der Waals surface area contributed by atoms with Gasteiger partial charge in [0.1, 0.15) is 5.75 Å². The Morgan fingerprint density at radius 3 is 2.00 bits per heavy atom. The van der Waals surface area contributed by atoms with Crippen molar-refractivity contribution >= 4 is 17.6 Å². The van der Waals surface area contributed by atoms with Crippen LogP contribution in [0.4, 0.5) is 5.69 Å². The second-order valence-corrected chi connectivity index (χ2v) is 4.90. The molecule has 2 rings (SSSR count). The molecule has 0 aliphatic rings. The van der Waals surface area contributed by atoms with Crippen LogP contribution in [0.5, 0.6) is 17.2 Å². The van der Waals surface area contributed by atoms with Crippen molar-refractivity contribution in [1.29, 1.82) is 0 Å². The van der Waals surface area contributed by atoms with Gasteiger partial charge in [-0.2, -0.15) is 0 Å². The molecule has 2 aromatic rings. The highest BCUT2D eigenvalue weighted by Gasteiger charge is 2.20. The van der Waals surface area contributed by atoms with Gasteiger partial charge in [0.05, 0.1) is 45.3 Å². The highest BCUT2D eigenvalue weighted by Crippen LogP contribution is 2.34. The maximum absolute atomic E-state index is 12.6. The van der Waals surface area contributed by atoms with E-state index in [-0.39, 0.29) is 11.3 Å². The Labute approximate surface area is 145 Å². The van der Waals surface area contributed by atoms with Crippen molar-refractivity contribution in [2.75, 3.05) is 33.8 Å². The minimum absolute atomic E-state index is 0.142. The first kappa shape index (κ1) is 18.1. The van der Waals surface area contributed by atoms with Crippen LogP contribution in [0.15, 0.2) is 36.4 Å². The molecule has 0 saturated carbocycles. The molecule has 0 unspecified atom stereocenters. The molecule has 0 saturated heterocycles. The molecule has 2 aromatic carbocycles. The summed E-state index contributed by atoms with van der Waals surface area (Å²) in [6.45, 7) is 0. The van der Waals surface area contributed by atoms with Crippen LogP contribution < -0.4 is 19.5 Å². The first-order valence-corrected chi connectivity index (χ1v) is 7.34. The van der Waals surface area contributed by atoms with Crippen molar-refractivity contribution in [3.63, 3.8) is 0 Å². The third-order valence-electron chi connectivity index (χ3n) is 3.53. The number of esters is 1. The lowest BCUT2D eigenvalue weighted by Gasteiger charge is -2.15. The summed E-state index contributed by atoms with van der Waals surface area (Å²) in [5.41, 5.74) is 0.708. The van der Waals surface area contributed by atoms with Gasteiger partial charge in [-0.1, -0.05) is 12.1 Å². The quantitative estimate of drug-likeness (QED) is 0.811. The number of ether oxygens (including phenoxy) is 4. The first-order valence-electron chi connectivity index (χ1n) is 7.34. The molecule has 0 aromatic heterocycles. The second-order valence-electron chi connectivity index (χ2n) is 4.90. The fraction of sp³-hybridized carbons (Fsp3) is 0.222. The van der Waals surface area contributed by atoms with Crippen LogP contribution in [0, 0.1) is 0 Å². The van der Waals surface area contributed by atoms with E-state index in [9.17, 15) is 9.59 Å². The molecule has 0 spiro atoms. The van der Waals surface area contributed by atoms with Crippen LogP contribution in [0.3, 0.4) is 0 Å². The van der Waals surface area contributed by atoms with Crippen molar-refractivity contribution in [3.05, 3.63) is 47.5 Å². The molecule has 7 nitrogen and oxygen atoms in total. The normalized spacial score (nSPS) is 9.92. The number of nitrogens with one attached hydrogen (secondary N) is 1. The van der Waals surface area contributed by atoms with Crippen molar-refractivity contribution in [2.45, 2.75) is 0 Å². The zero-order valence-electron chi connectivity index (χ0n) is 14.4. The highest BCUT2D eigenvalue weighted by atomic mass is 16.5. The van der Waals surface area contributed by atoms with Crippen molar-refractivity contribution < 1.29 is 28.5 Å². The van der Waals surface area contributed by atoms with Crippen molar-refractivity contribution in [2.24, 2.45) is 0 Å². The zero-order valence-corrected chi connectivity index (χ0v) is 14.4. The van der Waals surface area contributed by atoms with E-state index in [0.717, 1.165) is 0 Å². The van der Waals surface area contributed by atoms with Gasteiger partial charge in [-0.15, -0.1) is 0 Å². The fourth-order valence-electron chi connectivity index (χ4n) is 2.28. The number of carbonyl (C=O) groups excluding carboxylic acids is 2. The predicted molar refractivity (Wildman–Crippen MR) is 91.8 cm³/mol. The van der Waals surface area contributed by atoms with E-state index in [1.165, 1.54) is 40.6 Å². The Hall–Kier alpha value is -3.22. The van der Waals surface area contributed by atoms with E-state index in [4.69, 9.17) is 18.9 Å². The zero-order chi connectivity index (χ0) is 18.4. The summed E-state index contributed by atoms with van der Waals surface area (Å²) in [5, 5.41) is 2.69. The Morgan fingerprint density at radius 2 is 1.40 bits per heavy atom. The molecular formula is C18H19NO6. The first-order chi connectivity index (χ1) is 12.0. The lowest BCUT2D eigenvalue weighted by Crippen LogP contribution is -2.16. The molecule has 1 N–H and O–H groups in total. The van der Waals surface area contributed by atoms with Crippen LogP contribution in [0.1, 0.15) is 20.7 Å². The number of amides is 1. The number of para-hydroxylation sites is 1. The Balaban J connectivity index is 2.46. The van der Waals surface area contributed by atoms with Crippen molar-refractivity contribution in [1.82, 2.24) is 0 Å². The fourth-order valence-corrected chi connectivity index (χ4v) is 2.28. The van der Waals surface area contributed by atoms with Gasteiger partial charge in [-0.05, 0) is 12.1 Å². The number of rotatable bonds is 6. The topological polar surface area (TPSA) is 83.1 Å². The van der Waals surface area contributed by atoms with Gasteiger partial charge < -0.3 is 24.3 Å². The van der Waals surface area contributed by atoms with Gasteiger partial charge in [0.2, 0.25) is 0 Å². The molecule has 0 fully saturated rings. The minimum Gasteiger partial charge on any atom is -0.496 e. The molecule has 7 heteroatoms. The maximum atomic E-state index is 12.6. The van der Waals surface area contributed by atoms with Crippen LogP contribution >= 0.6 is 0 Å². The molecule has 0 radical (unpaired) electrons. The average molecular weight is 345 g/mol. The standard InChI is InChI=1S/C18H19NO6/c1-22-14-8-6-5-7-11(14)17(20)19-13-10-16(24-3)15(23-2)9-12(13)18(21)25-4/h5-10H,1-4H3,(H,19,20). The van der Waals surface area contributed by atoms with E-state index >= 15 is 0 Å². The lowest BCUT2D eigenvalue weighted by atomic mass is 10.1. The summed E-state index contributed by atoms with van der Waals surface area (Å²) in [6, 6.07) is 9.71. The van der Waals surface area contributed by atoms with Crippen molar-refractivity contribution in [3.8, 4) is 17.2 Å². The summed E-state index contributed by atoms with van der Waals surface area (Å²) < 4.78 is 20.4. The van der Waals surface area contributed by atoms with Gasteiger partial charge >= 0.3 is 5.97 Å². The number of methoxy groups -OCH3 is 4.